The van der Waals surface area contributed by atoms with Crippen molar-refractivity contribution >= 4 is 33.5 Å². The van der Waals surface area contributed by atoms with Crippen LogP contribution in [0, 0.1) is 12.3 Å². The van der Waals surface area contributed by atoms with Gasteiger partial charge in [0, 0.05) is 10.2 Å². The molecule has 0 saturated carbocycles. The second-order valence-electron chi connectivity index (χ2n) is 4.90. The van der Waals surface area contributed by atoms with Gasteiger partial charge in [0.05, 0.1) is 7.11 Å². The summed E-state index contributed by atoms with van der Waals surface area (Å²) in [7, 11) is 1.29. The molecule has 1 aromatic carbocycles. The molecule has 2 rings (SSSR count). The molecule has 1 aliphatic carbocycles. The van der Waals surface area contributed by atoms with E-state index in [-0.39, 0.29) is 5.91 Å². The fourth-order valence-electron chi connectivity index (χ4n) is 2.44. The Labute approximate surface area is 126 Å². The third-order valence-corrected chi connectivity index (χ3v) is 4.39. The number of ether oxygens (including phenoxy) is 1. The molecule has 0 fully saturated rings. The Morgan fingerprint density at radius 3 is 2.25 bits per heavy atom. The fourth-order valence-corrected chi connectivity index (χ4v) is 2.91. The molecule has 0 spiro atoms. The number of hydrogen-bond acceptors (Lipinski definition) is 3. The van der Waals surface area contributed by atoms with Gasteiger partial charge in [-0.1, -0.05) is 15.9 Å². The van der Waals surface area contributed by atoms with Crippen LogP contribution < -0.4 is 5.32 Å². The fraction of sp³-hybridized carbons (Fsp3) is 0.333. The summed E-state index contributed by atoms with van der Waals surface area (Å²) in [5.74, 6) is -0.885. The van der Waals surface area contributed by atoms with E-state index in [1.54, 1.807) is 19.9 Å². The number of carbonyl (C=O) groups excluding carboxylic acids is 2. The number of carbonyl (C=O) groups is 2. The van der Waals surface area contributed by atoms with Crippen molar-refractivity contribution in [3.05, 3.63) is 39.4 Å². The summed E-state index contributed by atoms with van der Waals surface area (Å²) < 4.78 is 5.72. The minimum absolute atomic E-state index is 0.357. The average molecular weight is 338 g/mol. The summed E-state index contributed by atoms with van der Waals surface area (Å²) in [6, 6.07) is 5.54. The number of halogens is 1. The summed E-state index contributed by atoms with van der Waals surface area (Å²) in [4.78, 5) is 24.4. The van der Waals surface area contributed by atoms with Crippen LogP contribution in [0.2, 0.25) is 0 Å². The van der Waals surface area contributed by atoms with Gasteiger partial charge in [0.1, 0.15) is 0 Å². The summed E-state index contributed by atoms with van der Waals surface area (Å²) in [5.41, 5.74) is 1.92. The molecule has 1 amide bonds. The number of anilines is 1. The van der Waals surface area contributed by atoms with Gasteiger partial charge in [-0.05, 0) is 55.7 Å². The van der Waals surface area contributed by atoms with Crippen LogP contribution in [-0.4, -0.2) is 19.0 Å². The lowest BCUT2D eigenvalue weighted by atomic mass is 9.96. The predicted molar refractivity (Wildman–Crippen MR) is 80.3 cm³/mol. The van der Waals surface area contributed by atoms with Crippen LogP contribution in [-0.2, 0) is 14.3 Å². The molecule has 0 bridgehead atoms. The second kappa shape index (κ2) is 5.05. The molecule has 0 atom stereocenters. The molecule has 0 unspecified atom stereocenters. The third-order valence-electron chi connectivity index (χ3n) is 3.89. The van der Waals surface area contributed by atoms with Crippen molar-refractivity contribution in [2.45, 2.75) is 20.8 Å². The monoisotopic (exact) mass is 337 g/mol. The number of esters is 1. The number of rotatable bonds is 3. The van der Waals surface area contributed by atoms with E-state index in [0.29, 0.717) is 5.69 Å². The topological polar surface area (TPSA) is 55.4 Å². The van der Waals surface area contributed by atoms with E-state index in [2.05, 4.69) is 21.2 Å². The average Bonchev–Trinajstić information content (AvgIpc) is 2.95. The number of methoxy groups -OCH3 is 1. The van der Waals surface area contributed by atoms with E-state index >= 15 is 0 Å². The van der Waals surface area contributed by atoms with Crippen LogP contribution in [0.15, 0.2) is 33.8 Å². The zero-order valence-corrected chi connectivity index (χ0v) is 13.4. The van der Waals surface area contributed by atoms with Gasteiger partial charge in [-0.25, -0.2) is 0 Å². The molecule has 1 N–H and O–H groups in total. The molecule has 5 heteroatoms. The minimum Gasteiger partial charge on any atom is -0.468 e. The van der Waals surface area contributed by atoms with Crippen LogP contribution >= 0.6 is 15.9 Å². The molecule has 1 aliphatic rings. The van der Waals surface area contributed by atoms with Gasteiger partial charge < -0.3 is 10.1 Å². The van der Waals surface area contributed by atoms with Crippen molar-refractivity contribution in [3.63, 3.8) is 0 Å². The lowest BCUT2D eigenvalue weighted by Crippen LogP contribution is -2.36. The molecule has 0 aliphatic heterocycles. The van der Waals surface area contributed by atoms with Crippen molar-refractivity contribution in [3.8, 4) is 0 Å². The molecule has 0 aromatic heterocycles. The van der Waals surface area contributed by atoms with Gasteiger partial charge in [0.15, 0.2) is 5.41 Å². The van der Waals surface area contributed by atoms with Gasteiger partial charge in [-0.15, -0.1) is 0 Å². The van der Waals surface area contributed by atoms with Gasteiger partial charge in [0.25, 0.3) is 0 Å². The third kappa shape index (κ3) is 2.06. The highest BCUT2D eigenvalue weighted by Crippen LogP contribution is 2.53. The van der Waals surface area contributed by atoms with Crippen molar-refractivity contribution < 1.29 is 14.3 Å². The van der Waals surface area contributed by atoms with Crippen LogP contribution in [0.5, 0.6) is 0 Å². The van der Waals surface area contributed by atoms with Crippen LogP contribution in [0.1, 0.15) is 19.4 Å². The van der Waals surface area contributed by atoms with E-state index in [4.69, 9.17) is 4.74 Å². The van der Waals surface area contributed by atoms with Crippen LogP contribution in [0.4, 0.5) is 5.69 Å². The van der Waals surface area contributed by atoms with Gasteiger partial charge in [-0.2, -0.15) is 0 Å². The van der Waals surface area contributed by atoms with Crippen LogP contribution in [0.25, 0.3) is 0 Å². The molecule has 106 valence electrons. The molecular weight excluding hydrogens is 322 g/mol. The predicted octanol–water partition coefficient (Wildman–Crippen LogP) is 3.21. The number of hydrogen-bond donors (Lipinski definition) is 1. The van der Waals surface area contributed by atoms with Crippen LogP contribution in [0.3, 0.4) is 0 Å². The number of benzene rings is 1. The molecule has 0 saturated heterocycles. The largest absolute Gasteiger partial charge is 0.468 e. The first-order valence-corrected chi connectivity index (χ1v) is 6.99. The quantitative estimate of drug-likeness (QED) is 0.523. The maximum absolute atomic E-state index is 12.5. The number of aryl methyl sites for hydroxylation is 1. The number of amides is 1. The summed E-state index contributed by atoms with van der Waals surface area (Å²) in [6.07, 6.45) is 0. The Morgan fingerprint density at radius 1 is 1.20 bits per heavy atom. The molecular formula is C15H16BrNO3. The highest BCUT2D eigenvalue weighted by Gasteiger charge is 2.61. The van der Waals surface area contributed by atoms with Gasteiger partial charge >= 0.3 is 5.97 Å². The highest BCUT2D eigenvalue weighted by atomic mass is 79.9. The van der Waals surface area contributed by atoms with Gasteiger partial charge in [0.2, 0.25) is 5.91 Å². The van der Waals surface area contributed by atoms with E-state index in [1.807, 2.05) is 19.1 Å². The van der Waals surface area contributed by atoms with E-state index in [1.165, 1.54) is 7.11 Å². The number of nitrogens with one attached hydrogen (secondary N) is 1. The van der Waals surface area contributed by atoms with E-state index in [9.17, 15) is 9.59 Å². The SMILES string of the molecule is COC(=O)C1(C(=O)Nc2ccc(Br)cc2C)C(C)=C1C. The van der Waals surface area contributed by atoms with E-state index in [0.717, 1.165) is 21.2 Å². The van der Waals surface area contributed by atoms with Crippen molar-refractivity contribution in [2.75, 3.05) is 12.4 Å². The summed E-state index contributed by atoms with van der Waals surface area (Å²) in [5, 5.41) is 2.81. The van der Waals surface area contributed by atoms with E-state index < -0.39 is 11.4 Å². The minimum atomic E-state index is -1.21. The molecule has 1 aromatic rings. The summed E-state index contributed by atoms with van der Waals surface area (Å²) >= 11 is 3.37. The lowest BCUT2D eigenvalue weighted by Gasteiger charge is -2.17. The smallest absolute Gasteiger partial charge is 0.329 e. The summed E-state index contributed by atoms with van der Waals surface area (Å²) in [6.45, 7) is 5.45. The maximum atomic E-state index is 12.5. The van der Waals surface area contributed by atoms with Crippen molar-refractivity contribution in [1.82, 2.24) is 0 Å². The Hall–Kier alpha value is -1.62. The Morgan fingerprint density at radius 2 is 1.80 bits per heavy atom. The maximum Gasteiger partial charge on any atom is 0.329 e. The normalized spacial score (nSPS) is 15.8. The first-order chi connectivity index (χ1) is 9.35. The molecule has 0 radical (unpaired) electrons. The lowest BCUT2D eigenvalue weighted by molar-refractivity contribution is -0.149. The Bertz CT molecular complexity index is 622. The van der Waals surface area contributed by atoms with Gasteiger partial charge in [-0.3, -0.25) is 9.59 Å². The van der Waals surface area contributed by atoms with Crippen molar-refractivity contribution in [1.29, 1.82) is 0 Å². The molecule has 20 heavy (non-hydrogen) atoms. The standard InChI is InChI=1S/C15H16BrNO3/c1-8-7-11(16)5-6-12(8)17-13(18)15(14(19)20-4)9(2)10(15)3/h5-7H,1-4H3,(H,17,18). The first-order valence-electron chi connectivity index (χ1n) is 6.20. The Balaban J connectivity index is 2.26. The molecule has 0 heterocycles. The first kappa shape index (κ1) is 14.8. The zero-order chi connectivity index (χ0) is 15.1. The Kier molecular flexibility index (Phi) is 3.73. The highest BCUT2D eigenvalue weighted by molar-refractivity contribution is 9.10. The van der Waals surface area contributed by atoms with Crippen molar-refractivity contribution in [2.24, 2.45) is 5.41 Å². The molecule has 4 nitrogen and oxygen atoms in total. The zero-order valence-electron chi connectivity index (χ0n) is 11.8. The second-order valence-corrected chi connectivity index (χ2v) is 5.82.